The summed E-state index contributed by atoms with van der Waals surface area (Å²) in [6.07, 6.45) is 0.375. The minimum Gasteiger partial charge on any atom is -0.493 e. The molecular formula is C21H21ClFN3O4. The van der Waals surface area contributed by atoms with Gasteiger partial charge >= 0.3 is 5.97 Å². The van der Waals surface area contributed by atoms with Crippen LogP contribution in [-0.2, 0) is 4.79 Å². The molecule has 0 bridgehead atoms. The highest BCUT2D eigenvalue weighted by Gasteiger charge is 2.21. The second kappa shape index (κ2) is 9.23. The first-order chi connectivity index (χ1) is 14.3. The van der Waals surface area contributed by atoms with Gasteiger partial charge in [-0.2, -0.15) is 0 Å². The number of methoxy groups -OCH3 is 1. The molecule has 0 amide bonds. The lowest BCUT2D eigenvalue weighted by atomic mass is 10.1. The monoisotopic (exact) mass is 433 g/mol. The fourth-order valence-corrected chi connectivity index (χ4v) is 3.01. The van der Waals surface area contributed by atoms with Crippen molar-refractivity contribution in [3.8, 4) is 11.5 Å². The molecule has 3 aromatic rings. The summed E-state index contributed by atoms with van der Waals surface area (Å²) in [5.74, 6) is -0.398. The number of rotatable bonds is 7. The average molecular weight is 434 g/mol. The summed E-state index contributed by atoms with van der Waals surface area (Å²) in [7, 11) is 1.43. The fraction of sp³-hybridized carbons (Fsp3) is 0.286. The van der Waals surface area contributed by atoms with Gasteiger partial charge in [-0.25, -0.2) is 19.2 Å². The summed E-state index contributed by atoms with van der Waals surface area (Å²) in [6.45, 7) is 3.79. The van der Waals surface area contributed by atoms with E-state index in [0.717, 1.165) is 0 Å². The molecule has 9 heteroatoms. The topological polar surface area (TPSA) is 93.6 Å². The summed E-state index contributed by atoms with van der Waals surface area (Å²) in [6, 6.07) is 7.32. The third kappa shape index (κ3) is 4.95. The Morgan fingerprint density at radius 2 is 2.00 bits per heavy atom. The van der Waals surface area contributed by atoms with Crippen molar-refractivity contribution >= 4 is 40.0 Å². The smallest absolute Gasteiger partial charge is 0.340 e. The number of aliphatic hydroxyl groups excluding tert-OH is 1. The average Bonchev–Trinajstić information content (AvgIpc) is 2.70. The van der Waals surface area contributed by atoms with Crippen molar-refractivity contribution in [3.05, 3.63) is 47.5 Å². The van der Waals surface area contributed by atoms with Gasteiger partial charge in [0.2, 0.25) is 0 Å². The zero-order chi connectivity index (χ0) is 21.8. The molecule has 0 saturated heterocycles. The highest BCUT2D eigenvalue weighted by atomic mass is 35.5. The number of hydrogen-bond donors (Lipinski definition) is 2. The molecule has 2 N–H and O–H groups in total. The molecule has 0 spiro atoms. The number of carbonyl (C=O) groups excluding carboxylic acids is 1. The fourth-order valence-electron chi connectivity index (χ4n) is 2.83. The molecule has 0 aliphatic rings. The van der Waals surface area contributed by atoms with E-state index in [9.17, 15) is 14.3 Å². The van der Waals surface area contributed by atoms with Crippen LogP contribution in [0.25, 0.3) is 10.9 Å². The summed E-state index contributed by atoms with van der Waals surface area (Å²) in [4.78, 5) is 20.7. The number of nitrogens with zero attached hydrogens (tertiary/aromatic N) is 2. The standard InChI is InChI=1S/C21H21ClFN3O4/c1-11(2)6-17(27)21(28)30-19-8-13-16(9-18(19)29-3)24-10-25-20(13)26-12-4-5-15(23)14(22)7-12/h4-5,7-11,17,27H,6H2,1-3H3,(H,24,25,26)/t17-/m0/s1. The van der Waals surface area contributed by atoms with Crippen molar-refractivity contribution in [2.45, 2.75) is 26.4 Å². The minimum absolute atomic E-state index is 0.0335. The van der Waals surface area contributed by atoms with E-state index in [0.29, 0.717) is 22.4 Å². The van der Waals surface area contributed by atoms with Gasteiger partial charge in [-0.05, 0) is 36.6 Å². The summed E-state index contributed by atoms with van der Waals surface area (Å²) in [5, 5.41) is 13.6. The van der Waals surface area contributed by atoms with E-state index in [1.807, 2.05) is 13.8 Å². The Bertz CT molecular complexity index is 1080. The number of aliphatic hydroxyl groups is 1. The van der Waals surface area contributed by atoms with E-state index in [-0.39, 0.29) is 28.9 Å². The number of benzene rings is 2. The zero-order valence-electron chi connectivity index (χ0n) is 16.6. The molecule has 1 aromatic heterocycles. The number of carbonyl (C=O) groups is 1. The predicted octanol–water partition coefficient (Wildman–Crippen LogP) is 4.49. The molecule has 30 heavy (non-hydrogen) atoms. The van der Waals surface area contributed by atoms with Gasteiger partial charge in [0.15, 0.2) is 17.6 Å². The van der Waals surface area contributed by atoms with E-state index >= 15 is 0 Å². The highest BCUT2D eigenvalue weighted by Crippen LogP contribution is 2.35. The van der Waals surface area contributed by atoms with Gasteiger partial charge in [-0.3, -0.25) is 0 Å². The number of anilines is 2. The van der Waals surface area contributed by atoms with Crippen LogP contribution in [0.5, 0.6) is 11.5 Å². The molecule has 1 heterocycles. The van der Waals surface area contributed by atoms with E-state index in [1.165, 1.54) is 31.6 Å². The van der Waals surface area contributed by atoms with E-state index < -0.39 is 17.9 Å². The Hall–Kier alpha value is -2.97. The third-order valence-electron chi connectivity index (χ3n) is 4.28. The normalized spacial score (nSPS) is 12.1. The van der Waals surface area contributed by atoms with Crippen molar-refractivity contribution in [1.82, 2.24) is 9.97 Å². The number of nitrogens with one attached hydrogen (secondary N) is 1. The molecular weight excluding hydrogens is 413 g/mol. The lowest BCUT2D eigenvalue weighted by Gasteiger charge is -2.15. The van der Waals surface area contributed by atoms with Crippen LogP contribution in [0, 0.1) is 11.7 Å². The van der Waals surface area contributed by atoms with Gasteiger partial charge in [0.05, 0.1) is 17.6 Å². The predicted molar refractivity (Wildman–Crippen MR) is 112 cm³/mol. The molecule has 0 saturated carbocycles. The first-order valence-electron chi connectivity index (χ1n) is 9.23. The van der Waals surface area contributed by atoms with Gasteiger partial charge in [0, 0.05) is 17.1 Å². The molecule has 7 nitrogen and oxygen atoms in total. The van der Waals surface area contributed by atoms with Crippen LogP contribution >= 0.6 is 11.6 Å². The van der Waals surface area contributed by atoms with Crippen LogP contribution in [0.2, 0.25) is 5.02 Å². The van der Waals surface area contributed by atoms with Crippen LogP contribution in [0.3, 0.4) is 0 Å². The van der Waals surface area contributed by atoms with Crippen molar-refractivity contribution in [2.24, 2.45) is 5.92 Å². The van der Waals surface area contributed by atoms with E-state index in [1.54, 1.807) is 12.1 Å². The van der Waals surface area contributed by atoms with Crippen LogP contribution in [-0.4, -0.2) is 34.3 Å². The van der Waals surface area contributed by atoms with Gasteiger partial charge < -0.3 is 19.9 Å². The lowest BCUT2D eigenvalue weighted by molar-refractivity contribution is -0.144. The number of ether oxygens (including phenoxy) is 2. The van der Waals surface area contributed by atoms with Crippen molar-refractivity contribution in [2.75, 3.05) is 12.4 Å². The lowest BCUT2D eigenvalue weighted by Crippen LogP contribution is -2.27. The molecule has 0 unspecified atom stereocenters. The molecule has 1 atom stereocenters. The van der Waals surface area contributed by atoms with Crippen molar-refractivity contribution in [1.29, 1.82) is 0 Å². The van der Waals surface area contributed by atoms with Crippen LogP contribution in [0.15, 0.2) is 36.7 Å². The Balaban J connectivity index is 1.97. The largest absolute Gasteiger partial charge is 0.493 e. The SMILES string of the molecule is COc1cc2ncnc(Nc3ccc(F)c(Cl)c3)c2cc1OC(=O)[C@@H](O)CC(C)C. The first kappa shape index (κ1) is 21.7. The maximum absolute atomic E-state index is 13.4. The first-order valence-corrected chi connectivity index (χ1v) is 9.61. The minimum atomic E-state index is -1.25. The molecule has 0 aliphatic heterocycles. The highest BCUT2D eigenvalue weighted by molar-refractivity contribution is 6.31. The molecule has 0 fully saturated rings. The molecule has 2 aromatic carbocycles. The van der Waals surface area contributed by atoms with Crippen LogP contribution in [0.4, 0.5) is 15.9 Å². The van der Waals surface area contributed by atoms with Gasteiger partial charge in [0.25, 0.3) is 0 Å². The third-order valence-corrected chi connectivity index (χ3v) is 4.57. The Morgan fingerprint density at radius 1 is 1.23 bits per heavy atom. The zero-order valence-corrected chi connectivity index (χ0v) is 17.4. The Labute approximate surface area is 177 Å². The molecule has 0 aliphatic carbocycles. The molecule has 158 valence electrons. The second-order valence-corrected chi connectivity index (χ2v) is 7.47. The quantitative estimate of drug-likeness (QED) is 0.419. The Kier molecular flexibility index (Phi) is 6.69. The summed E-state index contributed by atoms with van der Waals surface area (Å²) in [5.41, 5.74) is 1.04. The van der Waals surface area contributed by atoms with Crippen molar-refractivity contribution in [3.63, 3.8) is 0 Å². The second-order valence-electron chi connectivity index (χ2n) is 7.06. The van der Waals surface area contributed by atoms with Gasteiger partial charge in [-0.1, -0.05) is 25.4 Å². The maximum Gasteiger partial charge on any atom is 0.340 e. The van der Waals surface area contributed by atoms with Crippen molar-refractivity contribution < 1.29 is 23.8 Å². The van der Waals surface area contributed by atoms with Crippen LogP contribution in [0.1, 0.15) is 20.3 Å². The number of fused-ring (bicyclic) bond motifs is 1. The van der Waals surface area contributed by atoms with E-state index in [4.69, 9.17) is 21.1 Å². The van der Waals surface area contributed by atoms with Gasteiger partial charge in [-0.15, -0.1) is 0 Å². The van der Waals surface area contributed by atoms with E-state index in [2.05, 4.69) is 15.3 Å². The van der Waals surface area contributed by atoms with Gasteiger partial charge in [0.1, 0.15) is 18.0 Å². The summed E-state index contributed by atoms with van der Waals surface area (Å²) >= 11 is 5.84. The maximum atomic E-state index is 13.4. The molecule has 0 radical (unpaired) electrons. The molecule has 3 rings (SSSR count). The Morgan fingerprint density at radius 3 is 2.67 bits per heavy atom. The number of esters is 1. The number of hydrogen-bond acceptors (Lipinski definition) is 7. The number of aromatic nitrogens is 2. The van der Waals surface area contributed by atoms with Crippen LogP contribution < -0.4 is 14.8 Å². The summed E-state index contributed by atoms with van der Waals surface area (Å²) < 4.78 is 24.1. The number of halogens is 2.